The van der Waals surface area contributed by atoms with Crippen LogP contribution in [0.4, 0.5) is 14.5 Å². The number of benzene rings is 2. The smallest absolute Gasteiger partial charge is 0.341 e. The highest BCUT2D eigenvalue weighted by Gasteiger charge is 2.15. The Morgan fingerprint density at radius 1 is 1.09 bits per heavy atom. The van der Waals surface area contributed by atoms with E-state index < -0.39 is 17.6 Å². The second kappa shape index (κ2) is 6.80. The summed E-state index contributed by atoms with van der Waals surface area (Å²) in [5.74, 6) is -2.58. The Labute approximate surface area is 125 Å². The molecule has 1 amide bonds. The lowest BCUT2D eigenvalue weighted by atomic mass is 10.2. The van der Waals surface area contributed by atoms with E-state index in [0.29, 0.717) is 0 Å². The average molecular weight is 305 g/mol. The molecule has 0 atom stereocenters. The second-order valence-corrected chi connectivity index (χ2v) is 4.54. The van der Waals surface area contributed by atoms with Gasteiger partial charge in [0, 0.05) is 18.2 Å². The van der Waals surface area contributed by atoms with Gasteiger partial charge in [-0.2, -0.15) is 0 Å². The maximum absolute atomic E-state index is 13.7. The summed E-state index contributed by atoms with van der Waals surface area (Å²) < 4.78 is 32.0. The largest absolute Gasteiger partial charge is 0.457 e. The number of esters is 1. The van der Waals surface area contributed by atoms with Crippen LogP contribution < -0.4 is 5.32 Å². The molecule has 0 saturated heterocycles. The predicted molar refractivity (Wildman–Crippen MR) is 76.2 cm³/mol. The van der Waals surface area contributed by atoms with E-state index in [1.807, 2.05) is 0 Å². The highest BCUT2D eigenvalue weighted by Crippen LogP contribution is 2.17. The Bertz CT molecular complexity index is 716. The fraction of sp³-hybridized carbons (Fsp3) is 0.125. The molecule has 114 valence electrons. The van der Waals surface area contributed by atoms with Crippen LogP contribution >= 0.6 is 0 Å². The van der Waals surface area contributed by atoms with Crippen LogP contribution in [0.1, 0.15) is 22.8 Å². The number of anilines is 1. The first-order valence-electron chi connectivity index (χ1n) is 6.45. The van der Waals surface area contributed by atoms with Gasteiger partial charge >= 0.3 is 5.97 Å². The number of carbonyl (C=O) groups excluding carboxylic acids is 2. The molecule has 0 saturated carbocycles. The molecule has 2 aromatic rings. The third-order valence-corrected chi connectivity index (χ3v) is 2.82. The zero-order valence-corrected chi connectivity index (χ0v) is 11.7. The predicted octanol–water partition coefficient (Wildman–Crippen LogP) is 3.28. The van der Waals surface area contributed by atoms with E-state index in [1.54, 1.807) is 6.07 Å². The summed E-state index contributed by atoms with van der Waals surface area (Å²) in [7, 11) is 0. The first-order valence-corrected chi connectivity index (χ1v) is 6.45. The molecule has 0 aliphatic heterocycles. The molecule has 0 radical (unpaired) electrons. The molecule has 0 aromatic heterocycles. The van der Waals surface area contributed by atoms with Crippen LogP contribution in [-0.2, 0) is 16.1 Å². The van der Waals surface area contributed by atoms with Crippen LogP contribution in [0.5, 0.6) is 0 Å². The Kier molecular flexibility index (Phi) is 4.83. The van der Waals surface area contributed by atoms with Gasteiger partial charge in [0.25, 0.3) is 0 Å². The zero-order valence-electron chi connectivity index (χ0n) is 11.7. The monoisotopic (exact) mass is 305 g/mol. The third-order valence-electron chi connectivity index (χ3n) is 2.82. The van der Waals surface area contributed by atoms with Gasteiger partial charge in [0.1, 0.15) is 18.2 Å². The molecule has 0 bridgehead atoms. The number of rotatable bonds is 4. The Morgan fingerprint density at radius 2 is 1.82 bits per heavy atom. The fourth-order valence-corrected chi connectivity index (χ4v) is 1.80. The van der Waals surface area contributed by atoms with Crippen molar-refractivity contribution in [2.75, 3.05) is 5.32 Å². The Hall–Kier alpha value is -2.76. The first-order chi connectivity index (χ1) is 10.5. The average Bonchev–Trinajstić information content (AvgIpc) is 2.47. The fourth-order valence-electron chi connectivity index (χ4n) is 1.80. The molecule has 4 nitrogen and oxygen atoms in total. The van der Waals surface area contributed by atoms with Gasteiger partial charge in [-0.1, -0.05) is 18.2 Å². The third kappa shape index (κ3) is 3.88. The topological polar surface area (TPSA) is 55.4 Å². The van der Waals surface area contributed by atoms with Crippen molar-refractivity contribution in [1.82, 2.24) is 0 Å². The van der Waals surface area contributed by atoms with E-state index in [4.69, 9.17) is 4.74 Å². The van der Waals surface area contributed by atoms with E-state index in [-0.39, 0.29) is 29.3 Å². The summed E-state index contributed by atoms with van der Waals surface area (Å²) in [5.41, 5.74) is 0.128. The van der Waals surface area contributed by atoms with Gasteiger partial charge in [0.2, 0.25) is 5.91 Å². The van der Waals surface area contributed by atoms with Crippen molar-refractivity contribution in [3.63, 3.8) is 0 Å². The molecule has 2 rings (SSSR count). The lowest BCUT2D eigenvalue weighted by Crippen LogP contribution is -2.11. The minimum absolute atomic E-state index is 0.189. The van der Waals surface area contributed by atoms with Crippen LogP contribution in [0.25, 0.3) is 0 Å². The minimum atomic E-state index is -0.937. The molecule has 1 N–H and O–H groups in total. The number of amides is 1. The lowest BCUT2D eigenvalue weighted by molar-refractivity contribution is -0.114. The minimum Gasteiger partial charge on any atom is -0.457 e. The van der Waals surface area contributed by atoms with Crippen molar-refractivity contribution < 1.29 is 23.1 Å². The second-order valence-electron chi connectivity index (χ2n) is 4.54. The van der Waals surface area contributed by atoms with Crippen LogP contribution in [0.2, 0.25) is 0 Å². The standard InChI is InChI=1S/C16H13F2NO3/c1-10(20)19-12-6-7-15(18)13(8-12)16(21)22-9-11-4-2-3-5-14(11)17/h2-8H,9H2,1H3,(H,19,20). The van der Waals surface area contributed by atoms with Gasteiger partial charge in [0.05, 0.1) is 5.56 Å². The molecule has 6 heteroatoms. The van der Waals surface area contributed by atoms with Crippen LogP contribution in [-0.4, -0.2) is 11.9 Å². The number of hydrogen-bond acceptors (Lipinski definition) is 3. The van der Waals surface area contributed by atoms with Gasteiger partial charge in [-0.15, -0.1) is 0 Å². The first kappa shape index (κ1) is 15.6. The number of halogens is 2. The Morgan fingerprint density at radius 3 is 2.50 bits per heavy atom. The molecule has 0 fully saturated rings. The van der Waals surface area contributed by atoms with Crippen molar-refractivity contribution in [2.24, 2.45) is 0 Å². The molecule has 0 spiro atoms. The number of nitrogens with one attached hydrogen (secondary N) is 1. The number of ether oxygens (including phenoxy) is 1. The molecule has 2 aromatic carbocycles. The zero-order chi connectivity index (χ0) is 16.1. The number of hydrogen-bond donors (Lipinski definition) is 1. The van der Waals surface area contributed by atoms with E-state index in [9.17, 15) is 18.4 Å². The van der Waals surface area contributed by atoms with Crippen molar-refractivity contribution in [3.05, 3.63) is 65.2 Å². The molecule has 0 heterocycles. The summed E-state index contributed by atoms with van der Waals surface area (Å²) in [4.78, 5) is 22.9. The van der Waals surface area contributed by atoms with E-state index in [1.165, 1.54) is 37.3 Å². The van der Waals surface area contributed by atoms with Crippen LogP contribution in [0, 0.1) is 11.6 Å². The van der Waals surface area contributed by atoms with Crippen molar-refractivity contribution in [3.8, 4) is 0 Å². The van der Waals surface area contributed by atoms with E-state index in [2.05, 4.69) is 5.32 Å². The van der Waals surface area contributed by atoms with Crippen molar-refractivity contribution in [2.45, 2.75) is 13.5 Å². The highest BCUT2D eigenvalue weighted by molar-refractivity contribution is 5.93. The molecule has 22 heavy (non-hydrogen) atoms. The maximum atomic E-state index is 13.7. The normalized spacial score (nSPS) is 10.1. The summed E-state index contributed by atoms with van der Waals surface area (Å²) in [5, 5.41) is 2.44. The quantitative estimate of drug-likeness (QED) is 0.882. The Balaban J connectivity index is 2.12. The van der Waals surface area contributed by atoms with Crippen molar-refractivity contribution >= 4 is 17.6 Å². The van der Waals surface area contributed by atoms with Gasteiger partial charge in [-0.25, -0.2) is 13.6 Å². The van der Waals surface area contributed by atoms with Gasteiger partial charge < -0.3 is 10.1 Å². The highest BCUT2D eigenvalue weighted by atomic mass is 19.1. The van der Waals surface area contributed by atoms with Crippen LogP contribution in [0.15, 0.2) is 42.5 Å². The summed E-state index contributed by atoms with van der Waals surface area (Å²) >= 11 is 0. The molecular weight excluding hydrogens is 292 g/mol. The molecule has 0 aliphatic rings. The van der Waals surface area contributed by atoms with E-state index >= 15 is 0 Å². The maximum Gasteiger partial charge on any atom is 0.341 e. The summed E-state index contributed by atoms with van der Waals surface area (Å²) in [6.07, 6.45) is 0. The van der Waals surface area contributed by atoms with Crippen molar-refractivity contribution in [1.29, 1.82) is 0 Å². The van der Waals surface area contributed by atoms with Gasteiger partial charge in [-0.3, -0.25) is 4.79 Å². The lowest BCUT2D eigenvalue weighted by Gasteiger charge is -2.08. The molecule has 0 unspecified atom stereocenters. The number of carbonyl (C=O) groups is 2. The molecular formula is C16H13F2NO3. The molecule has 0 aliphatic carbocycles. The summed E-state index contributed by atoms with van der Waals surface area (Å²) in [6, 6.07) is 9.35. The van der Waals surface area contributed by atoms with E-state index in [0.717, 1.165) is 6.07 Å². The van der Waals surface area contributed by atoms with Gasteiger partial charge in [0.15, 0.2) is 0 Å². The SMILES string of the molecule is CC(=O)Nc1ccc(F)c(C(=O)OCc2ccccc2F)c1. The van der Waals surface area contributed by atoms with Crippen LogP contribution in [0.3, 0.4) is 0 Å². The summed E-state index contributed by atoms with van der Waals surface area (Å²) in [6.45, 7) is 0.981. The van der Waals surface area contributed by atoms with Gasteiger partial charge in [-0.05, 0) is 24.3 Å².